The van der Waals surface area contributed by atoms with E-state index in [1.807, 2.05) is 0 Å². The zero-order valence-corrected chi connectivity index (χ0v) is 9.64. The SMILES string of the molecule is NC(=O)NC(=O)COc1cc([N+](=O)[O-])ccc1Cl. The van der Waals surface area contributed by atoms with E-state index < -0.39 is 23.5 Å². The number of ether oxygens (including phenoxy) is 1. The number of amides is 3. The lowest BCUT2D eigenvalue weighted by Gasteiger charge is -2.06. The molecule has 0 aromatic heterocycles. The number of carbonyl (C=O) groups is 2. The smallest absolute Gasteiger partial charge is 0.318 e. The van der Waals surface area contributed by atoms with Crippen molar-refractivity contribution < 1.29 is 19.2 Å². The highest BCUT2D eigenvalue weighted by molar-refractivity contribution is 6.32. The molecule has 0 aliphatic carbocycles. The van der Waals surface area contributed by atoms with E-state index in [0.29, 0.717) is 0 Å². The summed E-state index contributed by atoms with van der Waals surface area (Å²) in [6.45, 7) is -0.538. The highest BCUT2D eigenvalue weighted by Crippen LogP contribution is 2.28. The van der Waals surface area contributed by atoms with Crippen molar-refractivity contribution >= 4 is 29.2 Å². The fraction of sp³-hybridized carbons (Fsp3) is 0.111. The van der Waals surface area contributed by atoms with Gasteiger partial charge in [-0.05, 0) is 6.07 Å². The van der Waals surface area contributed by atoms with Crippen LogP contribution in [0.1, 0.15) is 0 Å². The molecule has 0 aliphatic heterocycles. The first kappa shape index (κ1) is 13.7. The first-order chi connectivity index (χ1) is 8.40. The van der Waals surface area contributed by atoms with Gasteiger partial charge in [0.05, 0.1) is 16.0 Å². The van der Waals surface area contributed by atoms with Gasteiger partial charge in [-0.15, -0.1) is 0 Å². The number of benzene rings is 1. The second kappa shape index (κ2) is 5.82. The summed E-state index contributed by atoms with van der Waals surface area (Å²) in [4.78, 5) is 31.3. The average Bonchev–Trinajstić information content (AvgIpc) is 2.26. The number of nitro groups is 1. The third-order valence-corrected chi connectivity index (χ3v) is 2.06. The Hall–Kier alpha value is -2.35. The predicted molar refractivity (Wildman–Crippen MR) is 61.3 cm³/mol. The molecule has 1 rings (SSSR count). The van der Waals surface area contributed by atoms with Crippen LogP contribution in [0.2, 0.25) is 5.02 Å². The maximum absolute atomic E-state index is 11.0. The molecule has 0 heterocycles. The maximum atomic E-state index is 11.0. The Bertz CT molecular complexity index is 505. The minimum atomic E-state index is -1.02. The normalized spacial score (nSPS) is 9.61. The zero-order valence-electron chi connectivity index (χ0n) is 8.88. The van der Waals surface area contributed by atoms with Crippen LogP contribution in [-0.4, -0.2) is 23.5 Å². The highest BCUT2D eigenvalue weighted by Gasteiger charge is 2.12. The number of halogens is 1. The van der Waals surface area contributed by atoms with Crippen LogP contribution in [0.25, 0.3) is 0 Å². The van der Waals surface area contributed by atoms with Crippen LogP contribution in [0.5, 0.6) is 5.75 Å². The molecule has 3 N–H and O–H groups in total. The van der Waals surface area contributed by atoms with Gasteiger partial charge in [-0.25, -0.2) is 4.79 Å². The molecule has 3 amide bonds. The van der Waals surface area contributed by atoms with Crippen molar-refractivity contribution in [2.75, 3.05) is 6.61 Å². The van der Waals surface area contributed by atoms with E-state index in [0.717, 1.165) is 6.07 Å². The number of hydrogen-bond acceptors (Lipinski definition) is 5. The Labute approximate surface area is 106 Å². The Kier molecular flexibility index (Phi) is 4.44. The van der Waals surface area contributed by atoms with Crippen LogP contribution in [-0.2, 0) is 4.79 Å². The van der Waals surface area contributed by atoms with E-state index in [1.54, 1.807) is 5.32 Å². The lowest BCUT2D eigenvalue weighted by molar-refractivity contribution is -0.384. The van der Waals surface area contributed by atoms with Crippen molar-refractivity contribution in [3.05, 3.63) is 33.3 Å². The van der Waals surface area contributed by atoms with Crippen LogP contribution in [0.4, 0.5) is 10.5 Å². The van der Waals surface area contributed by atoms with Crippen LogP contribution in [0, 0.1) is 10.1 Å². The summed E-state index contributed by atoms with van der Waals surface area (Å²) in [6, 6.07) is 2.51. The fourth-order valence-corrected chi connectivity index (χ4v) is 1.21. The second-order valence-electron chi connectivity index (χ2n) is 3.07. The number of hydrogen-bond donors (Lipinski definition) is 2. The zero-order chi connectivity index (χ0) is 13.7. The lowest BCUT2D eigenvalue weighted by Crippen LogP contribution is -2.38. The van der Waals surface area contributed by atoms with Crippen molar-refractivity contribution in [3.63, 3.8) is 0 Å². The number of nitrogens with two attached hydrogens (primary N) is 1. The van der Waals surface area contributed by atoms with Crippen LogP contribution < -0.4 is 15.8 Å². The van der Waals surface area contributed by atoms with Gasteiger partial charge in [0.25, 0.3) is 11.6 Å². The number of urea groups is 1. The Morgan fingerprint density at radius 3 is 2.72 bits per heavy atom. The average molecular weight is 274 g/mol. The summed E-state index contributed by atoms with van der Waals surface area (Å²) in [5.74, 6) is -0.824. The lowest BCUT2D eigenvalue weighted by atomic mass is 10.3. The Balaban J connectivity index is 2.72. The highest BCUT2D eigenvalue weighted by atomic mass is 35.5. The van der Waals surface area contributed by atoms with Crippen LogP contribution in [0.3, 0.4) is 0 Å². The molecular weight excluding hydrogens is 266 g/mol. The van der Waals surface area contributed by atoms with Crippen molar-refractivity contribution in [2.24, 2.45) is 5.73 Å². The predicted octanol–water partition coefficient (Wildman–Crippen LogP) is 0.822. The van der Waals surface area contributed by atoms with E-state index >= 15 is 0 Å². The first-order valence-corrected chi connectivity index (χ1v) is 4.94. The van der Waals surface area contributed by atoms with Gasteiger partial charge in [-0.1, -0.05) is 11.6 Å². The van der Waals surface area contributed by atoms with Gasteiger partial charge in [-0.3, -0.25) is 20.2 Å². The van der Waals surface area contributed by atoms with Crippen LogP contribution in [0.15, 0.2) is 18.2 Å². The third kappa shape index (κ3) is 3.91. The molecule has 1 aromatic carbocycles. The monoisotopic (exact) mass is 273 g/mol. The molecule has 0 spiro atoms. The molecule has 9 heteroatoms. The molecule has 0 bridgehead atoms. The molecule has 1 aromatic rings. The van der Waals surface area contributed by atoms with Crippen molar-refractivity contribution in [3.8, 4) is 5.75 Å². The molecule has 0 atom stereocenters. The third-order valence-electron chi connectivity index (χ3n) is 1.75. The van der Waals surface area contributed by atoms with E-state index in [4.69, 9.17) is 22.1 Å². The number of nitrogens with one attached hydrogen (secondary N) is 1. The van der Waals surface area contributed by atoms with Gasteiger partial charge in [0.15, 0.2) is 6.61 Å². The van der Waals surface area contributed by atoms with Crippen molar-refractivity contribution in [1.82, 2.24) is 5.32 Å². The summed E-state index contributed by atoms with van der Waals surface area (Å²) in [7, 11) is 0. The van der Waals surface area contributed by atoms with Gasteiger partial charge in [-0.2, -0.15) is 0 Å². The largest absolute Gasteiger partial charge is 0.482 e. The Morgan fingerprint density at radius 2 is 2.17 bits per heavy atom. The van der Waals surface area contributed by atoms with E-state index in [2.05, 4.69) is 0 Å². The molecule has 18 heavy (non-hydrogen) atoms. The van der Waals surface area contributed by atoms with Gasteiger partial charge in [0.1, 0.15) is 5.75 Å². The summed E-state index contributed by atoms with van der Waals surface area (Å²) in [6.07, 6.45) is 0. The Morgan fingerprint density at radius 1 is 1.50 bits per heavy atom. The topological polar surface area (TPSA) is 125 Å². The van der Waals surface area contributed by atoms with E-state index in [9.17, 15) is 19.7 Å². The summed E-state index contributed by atoms with van der Waals surface area (Å²) in [5, 5.41) is 12.4. The number of nitro benzene ring substituents is 1. The molecule has 0 unspecified atom stereocenters. The quantitative estimate of drug-likeness (QED) is 0.620. The summed E-state index contributed by atoms with van der Waals surface area (Å²) >= 11 is 5.72. The number of imide groups is 1. The number of primary amides is 1. The van der Waals surface area contributed by atoms with Gasteiger partial charge < -0.3 is 10.5 Å². The molecule has 0 saturated carbocycles. The molecule has 8 nitrogen and oxygen atoms in total. The fourth-order valence-electron chi connectivity index (χ4n) is 1.03. The minimum absolute atomic E-state index is 0.0366. The number of nitrogens with zero attached hydrogens (tertiary/aromatic N) is 1. The number of carbonyl (C=O) groups excluding carboxylic acids is 2. The second-order valence-corrected chi connectivity index (χ2v) is 3.48. The maximum Gasteiger partial charge on any atom is 0.318 e. The minimum Gasteiger partial charge on any atom is -0.482 e. The summed E-state index contributed by atoms with van der Waals surface area (Å²) in [5.41, 5.74) is 4.48. The summed E-state index contributed by atoms with van der Waals surface area (Å²) < 4.78 is 4.93. The van der Waals surface area contributed by atoms with Gasteiger partial charge >= 0.3 is 6.03 Å². The van der Waals surface area contributed by atoms with Gasteiger partial charge in [0.2, 0.25) is 0 Å². The van der Waals surface area contributed by atoms with Crippen LogP contribution >= 0.6 is 11.6 Å². The molecule has 96 valence electrons. The molecule has 0 radical (unpaired) electrons. The standard InChI is InChI=1S/C9H8ClN3O5/c10-6-2-1-5(13(16)17)3-7(6)18-4-8(14)12-9(11)15/h1-3H,4H2,(H3,11,12,14,15). The molecule has 0 fully saturated rings. The van der Waals surface area contributed by atoms with Gasteiger partial charge in [0, 0.05) is 6.07 Å². The number of rotatable bonds is 4. The molecular formula is C9H8ClN3O5. The van der Waals surface area contributed by atoms with E-state index in [-0.39, 0.29) is 16.5 Å². The van der Waals surface area contributed by atoms with E-state index in [1.165, 1.54) is 12.1 Å². The van der Waals surface area contributed by atoms with Crippen molar-refractivity contribution in [1.29, 1.82) is 0 Å². The first-order valence-electron chi connectivity index (χ1n) is 4.56. The number of non-ortho nitro benzene ring substituents is 1. The molecule has 0 saturated heterocycles. The molecule has 0 aliphatic rings. The van der Waals surface area contributed by atoms with Crippen molar-refractivity contribution in [2.45, 2.75) is 0 Å².